The Balaban J connectivity index is 2.08. The minimum atomic E-state index is 0.508. The van der Waals surface area contributed by atoms with Gasteiger partial charge in [0, 0.05) is 33.8 Å². The second kappa shape index (κ2) is 5.47. The maximum atomic E-state index is 9.27. The predicted molar refractivity (Wildman–Crippen MR) is 95.3 cm³/mol. The van der Waals surface area contributed by atoms with Gasteiger partial charge in [0.15, 0.2) is 0 Å². The molecule has 0 saturated heterocycles. The van der Waals surface area contributed by atoms with Crippen LogP contribution in [-0.2, 0) is 0 Å². The predicted octanol–water partition coefficient (Wildman–Crippen LogP) is 4.54. The third-order valence-electron chi connectivity index (χ3n) is 3.54. The molecule has 4 aromatic rings. The van der Waals surface area contributed by atoms with Crippen molar-refractivity contribution in [2.45, 2.75) is 0 Å². The summed E-state index contributed by atoms with van der Waals surface area (Å²) in [6.07, 6.45) is 3.52. The van der Waals surface area contributed by atoms with E-state index in [1.54, 1.807) is 23.7 Å². The average molecular weight is 334 g/mol. The first-order valence-electron chi connectivity index (χ1n) is 6.85. The molecule has 6 heteroatoms. The molecule has 23 heavy (non-hydrogen) atoms. The summed E-state index contributed by atoms with van der Waals surface area (Å²) in [4.78, 5) is 11.3. The van der Waals surface area contributed by atoms with Gasteiger partial charge in [0.2, 0.25) is 0 Å². The molecule has 0 amide bonds. The molecule has 0 atom stereocenters. The summed E-state index contributed by atoms with van der Waals surface area (Å²) in [7, 11) is 0. The largest absolute Gasteiger partial charge is 0.396 e. The number of nitrogens with zero attached hydrogens (tertiary/aromatic N) is 3. The van der Waals surface area contributed by atoms with Crippen molar-refractivity contribution >= 4 is 38.6 Å². The van der Waals surface area contributed by atoms with Crippen molar-refractivity contribution in [3.63, 3.8) is 0 Å². The monoisotopic (exact) mass is 334 g/mol. The van der Waals surface area contributed by atoms with Gasteiger partial charge in [-0.2, -0.15) is 5.26 Å². The zero-order valence-electron chi connectivity index (χ0n) is 11.9. The number of thiophene rings is 2. The number of nitrogen functional groups attached to an aromatic ring is 1. The van der Waals surface area contributed by atoms with Crippen molar-refractivity contribution in [1.82, 2.24) is 9.97 Å². The van der Waals surface area contributed by atoms with Gasteiger partial charge in [0.05, 0.1) is 11.4 Å². The van der Waals surface area contributed by atoms with E-state index in [0.29, 0.717) is 10.6 Å². The Morgan fingerprint density at radius 1 is 1.22 bits per heavy atom. The van der Waals surface area contributed by atoms with Gasteiger partial charge in [-0.05, 0) is 29.6 Å². The normalized spacial score (nSPS) is 10.7. The van der Waals surface area contributed by atoms with Crippen LogP contribution in [0.5, 0.6) is 0 Å². The summed E-state index contributed by atoms with van der Waals surface area (Å²) in [6, 6.07) is 12.1. The summed E-state index contributed by atoms with van der Waals surface area (Å²) in [5, 5.41) is 12.2. The summed E-state index contributed by atoms with van der Waals surface area (Å²) in [5.41, 5.74) is 9.49. The Morgan fingerprint density at radius 3 is 2.83 bits per heavy atom. The molecular formula is C17H10N4S2. The van der Waals surface area contributed by atoms with Crippen LogP contribution < -0.4 is 5.73 Å². The summed E-state index contributed by atoms with van der Waals surface area (Å²) in [5.74, 6) is 0. The molecule has 0 saturated carbocycles. The second-order valence-electron chi connectivity index (χ2n) is 4.91. The van der Waals surface area contributed by atoms with Crippen molar-refractivity contribution in [2.24, 2.45) is 0 Å². The van der Waals surface area contributed by atoms with E-state index in [9.17, 15) is 5.26 Å². The SMILES string of the molecule is N#Cc1sc2nc(-c3cccnc3)cc(-c3cccs3)c2c1N. The highest BCUT2D eigenvalue weighted by atomic mass is 32.1. The molecule has 0 radical (unpaired) electrons. The van der Waals surface area contributed by atoms with Gasteiger partial charge in [-0.15, -0.1) is 22.7 Å². The van der Waals surface area contributed by atoms with Crippen molar-refractivity contribution < 1.29 is 0 Å². The molecule has 0 aliphatic carbocycles. The second-order valence-corrected chi connectivity index (χ2v) is 6.86. The van der Waals surface area contributed by atoms with Crippen LogP contribution in [-0.4, -0.2) is 9.97 Å². The number of hydrogen-bond acceptors (Lipinski definition) is 6. The lowest BCUT2D eigenvalue weighted by molar-refractivity contribution is 1.31. The number of rotatable bonds is 2. The van der Waals surface area contributed by atoms with E-state index in [1.165, 1.54) is 11.3 Å². The molecule has 0 unspecified atom stereocenters. The first kappa shape index (κ1) is 13.9. The molecule has 4 nitrogen and oxygen atoms in total. The van der Waals surface area contributed by atoms with Gasteiger partial charge in [0.25, 0.3) is 0 Å². The smallest absolute Gasteiger partial charge is 0.130 e. The minimum Gasteiger partial charge on any atom is -0.396 e. The minimum absolute atomic E-state index is 0.508. The van der Waals surface area contributed by atoms with Crippen LogP contribution in [0.2, 0.25) is 0 Å². The number of fused-ring (bicyclic) bond motifs is 1. The number of nitrogens with two attached hydrogens (primary N) is 1. The number of pyridine rings is 2. The fourth-order valence-electron chi connectivity index (χ4n) is 2.49. The van der Waals surface area contributed by atoms with Crippen LogP contribution in [0.3, 0.4) is 0 Å². The fraction of sp³-hybridized carbons (Fsp3) is 0. The van der Waals surface area contributed by atoms with Gasteiger partial charge in [0.1, 0.15) is 15.8 Å². The van der Waals surface area contributed by atoms with Gasteiger partial charge < -0.3 is 5.73 Å². The van der Waals surface area contributed by atoms with Crippen LogP contribution in [0.25, 0.3) is 31.9 Å². The van der Waals surface area contributed by atoms with Crippen LogP contribution in [0.15, 0.2) is 48.1 Å². The van der Waals surface area contributed by atoms with Crippen LogP contribution in [0.4, 0.5) is 5.69 Å². The molecule has 4 rings (SSSR count). The summed E-state index contributed by atoms with van der Waals surface area (Å²) >= 11 is 2.97. The Labute approximate surface area is 140 Å². The van der Waals surface area contributed by atoms with E-state index < -0.39 is 0 Å². The topological polar surface area (TPSA) is 75.6 Å². The van der Waals surface area contributed by atoms with Crippen LogP contribution in [0, 0.1) is 11.3 Å². The van der Waals surface area contributed by atoms with E-state index in [4.69, 9.17) is 10.7 Å². The Kier molecular flexibility index (Phi) is 3.30. The van der Waals surface area contributed by atoms with Crippen molar-refractivity contribution in [2.75, 3.05) is 5.73 Å². The highest BCUT2D eigenvalue weighted by molar-refractivity contribution is 7.20. The number of aromatic nitrogens is 2. The molecular weight excluding hydrogens is 324 g/mol. The number of hydrogen-bond donors (Lipinski definition) is 1. The van der Waals surface area contributed by atoms with Gasteiger partial charge in [-0.3, -0.25) is 4.98 Å². The van der Waals surface area contributed by atoms with Crippen molar-refractivity contribution in [3.05, 3.63) is 53.0 Å². The quantitative estimate of drug-likeness (QED) is 0.584. The molecule has 4 aromatic heterocycles. The molecule has 0 aromatic carbocycles. The third-order valence-corrected chi connectivity index (χ3v) is 5.45. The summed E-state index contributed by atoms with van der Waals surface area (Å²) in [6.45, 7) is 0. The molecule has 110 valence electrons. The first-order chi connectivity index (χ1) is 11.3. The lowest BCUT2D eigenvalue weighted by Gasteiger charge is -2.06. The zero-order chi connectivity index (χ0) is 15.8. The van der Waals surface area contributed by atoms with Crippen LogP contribution in [0.1, 0.15) is 4.88 Å². The van der Waals surface area contributed by atoms with Crippen molar-refractivity contribution in [1.29, 1.82) is 5.26 Å². The lowest BCUT2D eigenvalue weighted by Crippen LogP contribution is -1.90. The molecule has 4 heterocycles. The Morgan fingerprint density at radius 2 is 2.13 bits per heavy atom. The van der Waals surface area contributed by atoms with E-state index >= 15 is 0 Å². The lowest BCUT2D eigenvalue weighted by atomic mass is 10.1. The van der Waals surface area contributed by atoms with Gasteiger partial charge in [-0.25, -0.2) is 4.98 Å². The molecule has 0 aliphatic heterocycles. The number of nitriles is 1. The third kappa shape index (κ3) is 2.27. The van der Waals surface area contributed by atoms with E-state index in [1.807, 2.05) is 29.6 Å². The highest BCUT2D eigenvalue weighted by Crippen LogP contribution is 2.42. The fourth-order valence-corrected chi connectivity index (χ4v) is 4.16. The Bertz CT molecular complexity index is 1030. The Hall–Kier alpha value is -2.75. The highest BCUT2D eigenvalue weighted by Gasteiger charge is 2.18. The molecule has 2 N–H and O–H groups in total. The van der Waals surface area contributed by atoms with E-state index in [0.717, 1.165) is 31.9 Å². The summed E-state index contributed by atoms with van der Waals surface area (Å²) < 4.78 is 0. The molecule has 0 fully saturated rings. The molecule has 0 spiro atoms. The molecule has 0 aliphatic rings. The molecule has 0 bridgehead atoms. The zero-order valence-corrected chi connectivity index (χ0v) is 13.5. The average Bonchev–Trinajstić information content (AvgIpc) is 3.23. The van der Waals surface area contributed by atoms with E-state index in [-0.39, 0.29) is 0 Å². The standard InChI is InChI=1S/C17H10N4S2/c18-8-14-16(19)15-11(13-4-2-6-22-13)7-12(21-17(15)23-14)10-3-1-5-20-9-10/h1-7,9H,19H2. The van der Waals surface area contributed by atoms with Gasteiger partial charge >= 0.3 is 0 Å². The van der Waals surface area contributed by atoms with Crippen molar-refractivity contribution in [3.8, 4) is 27.8 Å². The van der Waals surface area contributed by atoms with Gasteiger partial charge in [-0.1, -0.05) is 6.07 Å². The van der Waals surface area contributed by atoms with Crippen LogP contribution >= 0.6 is 22.7 Å². The van der Waals surface area contributed by atoms with E-state index in [2.05, 4.69) is 17.1 Å². The maximum Gasteiger partial charge on any atom is 0.130 e. The maximum absolute atomic E-state index is 9.27. The number of anilines is 1. The first-order valence-corrected chi connectivity index (χ1v) is 8.55.